The molecular formula is C14H20N2O5. The third kappa shape index (κ3) is 5.68. The van der Waals surface area contributed by atoms with E-state index in [0.717, 1.165) is 0 Å². The van der Waals surface area contributed by atoms with Gasteiger partial charge in [-0.05, 0) is 31.4 Å². The number of carbonyl (C=O) groups is 3. The zero-order valence-corrected chi connectivity index (χ0v) is 12.3. The van der Waals surface area contributed by atoms with Crippen LogP contribution in [-0.2, 0) is 9.59 Å². The first kappa shape index (κ1) is 16.7. The zero-order chi connectivity index (χ0) is 16.0. The predicted octanol–water partition coefficient (Wildman–Crippen LogP) is 0.933. The quantitative estimate of drug-likeness (QED) is 0.693. The van der Waals surface area contributed by atoms with Crippen LogP contribution in [-0.4, -0.2) is 35.5 Å². The monoisotopic (exact) mass is 296 g/mol. The van der Waals surface area contributed by atoms with Gasteiger partial charge in [-0.15, -0.1) is 0 Å². The molecule has 0 unspecified atom stereocenters. The van der Waals surface area contributed by atoms with Crippen LogP contribution in [0.15, 0.2) is 16.5 Å². The van der Waals surface area contributed by atoms with Crippen LogP contribution < -0.4 is 10.6 Å². The Labute approximate surface area is 122 Å². The summed E-state index contributed by atoms with van der Waals surface area (Å²) >= 11 is 0. The number of carboxylic acid groups (broad SMARTS) is 1. The first-order valence-electron chi connectivity index (χ1n) is 6.66. The average Bonchev–Trinajstić information content (AvgIpc) is 2.81. The van der Waals surface area contributed by atoms with Crippen molar-refractivity contribution in [2.24, 2.45) is 5.92 Å². The normalized spacial score (nSPS) is 12.0. The van der Waals surface area contributed by atoms with Gasteiger partial charge in [0.1, 0.15) is 11.8 Å². The molecule has 0 saturated heterocycles. The Bertz CT molecular complexity index is 521. The molecule has 1 rings (SSSR count). The summed E-state index contributed by atoms with van der Waals surface area (Å²) in [4.78, 5) is 34.3. The molecule has 2 amide bonds. The van der Waals surface area contributed by atoms with Gasteiger partial charge < -0.3 is 20.2 Å². The van der Waals surface area contributed by atoms with E-state index in [2.05, 4.69) is 10.6 Å². The molecule has 0 bridgehead atoms. The van der Waals surface area contributed by atoms with Crippen LogP contribution in [0.3, 0.4) is 0 Å². The lowest BCUT2D eigenvalue weighted by Gasteiger charge is -2.16. The van der Waals surface area contributed by atoms with Crippen LogP contribution in [0.2, 0.25) is 0 Å². The Kier molecular flexibility index (Phi) is 5.95. The molecule has 0 aromatic carbocycles. The number of furan rings is 1. The van der Waals surface area contributed by atoms with Gasteiger partial charge in [-0.2, -0.15) is 0 Å². The maximum atomic E-state index is 11.7. The number of hydrogen-bond donors (Lipinski definition) is 3. The summed E-state index contributed by atoms with van der Waals surface area (Å²) in [6, 6.07) is 2.18. The van der Waals surface area contributed by atoms with E-state index in [4.69, 9.17) is 9.52 Å². The third-order valence-corrected chi connectivity index (χ3v) is 2.71. The van der Waals surface area contributed by atoms with Crippen molar-refractivity contribution in [3.63, 3.8) is 0 Å². The van der Waals surface area contributed by atoms with E-state index < -0.39 is 23.8 Å². The standard InChI is InChI=1S/C14H20N2O5/c1-8(2)6-10(14(19)20)16-12(17)7-15-13(18)11-5-4-9(3)21-11/h4-5,8,10H,6-7H2,1-3H3,(H,15,18)(H,16,17)(H,19,20)/t10-/m0/s1. The third-order valence-electron chi connectivity index (χ3n) is 2.71. The number of aryl methyl sites for hydroxylation is 1. The molecule has 0 spiro atoms. The zero-order valence-electron chi connectivity index (χ0n) is 12.3. The summed E-state index contributed by atoms with van der Waals surface area (Å²) in [5.41, 5.74) is 0. The highest BCUT2D eigenvalue weighted by molar-refractivity contribution is 5.94. The summed E-state index contributed by atoms with van der Waals surface area (Å²) in [5.74, 6) is -1.34. The smallest absolute Gasteiger partial charge is 0.326 e. The molecule has 1 atom stereocenters. The van der Waals surface area contributed by atoms with Crippen LogP contribution in [0.5, 0.6) is 0 Å². The summed E-state index contributed by atoms with van der Waals surface area (Å²) in [6.45, 7) is 5.12. The van der Waals surface area contributed by atoms with Crippen LogP contribution in [0.4, 0.5) is 0 Å². The van der Waals surface area contributed by atoms with Gasteiger partial charge in [0, 0.05) is 0 Å². The second kappa shape index (κ2) is 7.47. The molecule has 0 saturated carbocycles. The predicted molar refractivity (Wildman–Crippen MR) is 74.8 cm³/mol. The molecular weight excluding hydrogens is 276 g/mol. The maximum Gasteiger partial charge on any atom is 0.326 e. The van der Waals surface area contributed by atoms with Gasteiger partial charge in [0.2, 0.25) is 5.91 Å². The topological polar surface area (TPSA) is 109 Å². The fourth-order valence-corrected chi connectivity index (χ4v) is 1.74. The Morgan fingerprint density at radius 1 is 1.29 bits per heavy atom. The molecule has 1 heterocycles. The fraction of sp³-hybridized carbons (Fsp3) is 0.500. The molecule has 7 heteroatoms. The highest BCUT2D eigenvalue weighted by Gasteiger charge is 2.21. The van der Waals surface area contributed by atoms with Crippen molar-refractivity contribution in [2.75, 3.05) is 6.54 Å². The van der Waals surface area contributed by atoms with E-state index >= 15 is 0 Å². The number of carboxylic acids is 1. The molecule has 0 radical (unpaired) electrons. The van der Waals surface area contributed by atoms with E-state index in [-0.39, 0.29) is 18.2 Å². The summed E-state index contributed by atoms with van der Waals surface area (Å²) in [7, 11) is 0. The summed E-state index contributed by atoms with van der Waals surface area (Å²) in [5, 5.41) is 13.8. The van der Waals surface area contributed by atoms with Crippen molar-refractivity contribution < 1.29 is 23.9 Å². The lowest BCUT2D eigenvalue weighted by molar-refractivity contribution is -0.142. The molecule has 7 nitrogen and oxygen atoms in total. The molecule has 116 valence electrons. The van der Waals surface area contributed by atoms with Crippen molar-refractivity contribution in [1.29, 1.82) is 0 Å². The molecule has 1 aromatic heterocycles. The highest BCUT2D eigenvalue weighted by atomic mass is 16.4. The maximum absolute atomic E-state index is 11.7. The average molecular weight is 296 g/mol. The number of nitrogens with one attached hydrogen (secondary N) is 2. The lowest BCUT2D eigenvalue weighted by Crippen LogP contribution is -2.46. The second-order valence-corrected chi connectivity index (χ2v) is 5.18. The highest BCUT2D eigenvalue weighted by Crippen LogP contribution is 2.06. The van der Waals surface area contributed by atoms with E-state index in [0.29, 0.717) is 12.2 Å². The van der Waals surface area contributed by atoms with Gasteiger partial charge in [0.25, 0.3) is 5.91 Å². The number of amides is 2. The minimum Gasteiger partial charge on any atom is -0.480 e. The van der Waals surface area contributed by atoms with Crippen LogP contribution >= 0.6 is 0 Å². The summed E-state index contributed by atoms with van der Waals surface area (Å²) < 4.78 is 5.11. The van der Waals surface area contributed by atoms with Crippen LogP contribution in [0.1, 0.15) is 36.6 Å². The summed E-state index contributed by atoms with van der Waals surface area (Å²) in [6.07, 6.45) is 0.326. The Balaban J connectivity index is 2.45. The Hall–Kier alpha value is -2.31. The van der Waals surface area contributed by atoms with Crippen molar-refractivity contribution in [1.82, 2.24) is 10.6 Å². The molecule has 0 aliphatic carbocycles. The molecule has 0 aliphatic rings. The van der Waals surface area contributed by atoms with Crippen LogP contribution in [0.25, 0.3) is 0 Å². The Morgan fingerprint density at radius 2 is 1.95 bits per heavy atom. The number of aliphatic carboxylic acids is 1. The molecule has 0 aliphatic heterocycles. The number of hydrogen-bond acceptors (Lipinski definition) is 4. The van der Waals surface area contributed by atoms with E-state index in [1.54, 1.807) is 13.0 Å². The molecule has 21 heavy (non-hydrogen) atoms. The van der Waals surface area contributed by atoms with Gasteiger partial charge in [0.05, 0.1) is 6.54 Å². The second-order valence-electron chi connectivity index (χ2n) is 5.18. The first-order chi connectivity index (χ1) is 9.79. The number of rotatable bonds is 7. The largest absolute Gasteiger partial charge is 0.480 e. The fourth-order valence-electron chi connectivity index (χ4n) is 1.74. The van der Waals surface area contributed by atoms with Crippen molar-refractivity contribution in [2.45, 2.75) is 33.2 Å². The van der Waals surface area contributed by atoms with Crippen molar-refractivity contribution in [3.8, 4) is 0 Å². The van der Waals surface area contributed by atoms with Gasteiger partial charge in [0.15, 0.2) is 5.76 Å². The lowest BCUT2D eigenvalue weighted by atomic mass is 10.0. The Morgan fingerprint density at radius 3 is 2.43 bits per heavy atom. The van der Waals surface area contributed by atoms with Gasteiger partial charge >= 0.3 is 5.97 Å². The van der Waals surface area contributed by atoms with E-state index in [1.807, 2.05) is 13.8 Å². The van der Waals surface area contributed by atoms with Gasteiger partial charge in [-0.25, -0.2) is 4.79 Å². The van der Waals surface area contributed by atoms with Gasteiger partial charge in [-0.3, -0.25) is 9.59 Å². The van der Waals surface area contributed by atoms with Crippen LogP contribution in [0, 0.1) is 12.8 Å². The van der Waals surface area contributed by atoms with E-state index in [1.165, 1.54) is 6.07 Å². The SMILES string of the molecule is Cc1ccc(C(=O)NCC(=O)N[C@@H](CC(C)C)C(=O)O)o1. The molecule has 0 fully saturated rings. The first-order valence-corrected chi connectivity index (χ1v) is 6.66. The van der Waals surface area contributed by atoms with Crippen molar-refractivity contribution in [3.05, 3.63) is 23.7 Å². The molecule has 3 N–H and O–H groups in total. The van der Waals surface area contributed by atoms with E-state index in [9.17, 15) is 14.4 Å². The van der Waals surface area contributed by atoms with Crippen molar-refractivity contribution >= 4 is 17.8 Å². The molecule has 1 aromatic rings. The van der Waals surface area contributed by atoms with Gasteiger partial charge in [-0.1, -0.05) is 13.8 Å². The number of carbonyl (C=O) groups excluding carboxylic acids is 2. The minimum absolute atomic E-state index is 0.109. The minimum atomic E-state index is -1.09.